The molecule has 2 aromatic heterocycles. The fraction of sp³-hybridized carbons (Fsp3) is 0.158. The molecule has 0 saturated carbocycles. The highest BCUT2D eigenvalue weighted by Crippen LogP contribution is 2.09. The lowest BCUT2D eigenvalue weighted by molar-refractivity contribution is -0.742. The third-order valence-corrected chi connectivity index (χ3v) is 3.82. The highest BCUT2D eigenvalue weighted by atomic mass is 16.4. The van der Waals surface area contributed by atoms with E-state index in [0.29, 0.717) is 5.82 Å². The van der Waals surface area contributed by atoms with Crippen molar-refractivity contribution in [3.63, 3.8) is 0 Å². The predicted molar refractivity (Wildman–Crippen MR) is 95.2 cm³/mol. The second-order valence-corrected chi connectivity index (χ2v) is 5.83. The minimum absolute atomic E-state index is 0.0888. The van der Waals surface area contributed by atoms with Gasteiger partial charge in [-0.2, -0.15) is 0 Å². The van der Waals surface area contributed by atoms with Gasteiger partial charge in [-0.1, -0.05) is 35.0 Å². The topological polar surface area (TPSA) is 109 Å². The van der Waals surface area contributed by atoms with Gasteiger partial charge in [0.2, 0.25) is 0 Å². The van der Waals surface area contributed by atoms with Crippen LogP contribution >= 0.6 is 0 Å². The van der Waals surface area contributed by atoms with Crippen molar-refractivity contribution in [2.24, 2.45) is 0 Å². The SMILES string of the molecule is O=C(C[n+]1ccc(-c2ncccn2)cn1)NC(Cc1ccccc1)C(=O)O. The first-order chi connectivity index (χ1) is 13.1. The molecule has 0 radical (unpaired) electrons. The minimum Gasteiger partial charge on any atom is -0.480 e. The van der Waals surface area contributed by atoms with Crippen LogP contribution in [0.15, 0.2) is 67.3 Å². The summed E-state index contributed by atoms with van der Waals surface area (Å²) in [6.07, 6.45) is 6.66. The number of carboxylic acid groups (broad SMARTS) is 1. The van der Waals surface area contributed by atoms with E-state index in [1.807, 2.05) is 30.3 Å². The molecule has 0 aliphatic carbocycles. The molecule has 136 valence electrons. The first-order valence-electron chi connectivity index (χ1n) is 8.31. The number of carbonyl (C=O) groups excluding carboxylic acids is 1. The van der Waals surface area contributed by atoms with Crippen LogP contribution in [0.5, 0.6) is 0 Å². The molecule has 8 heteroatoms. The van der Waals surface area contributed by atoms with Crippen molar-refractivity contribution in [2.45, 2.75) is 19.0 Å². The Balaban J connectivity index is 1.61. The van der Waals surface area contributed by atoms with Crippen molar-refractivity contribution in [3.05, 3.63) is 72.8 Å². The number of aromatic nitrogens is 4. The lowest BCUT2D eigenvalue weighted by atomic mass is 10.1. The van der Waals surface area contributed by atoms with Crippen molar-refractivity contribution >= 4 is 11.9 Å². The van der Waals surface area contributed by atoms with Crippen LogP contribution in [0.4, 0.5) is 0 Å². The van der Waals surface area contributed by atoms with Gasteiger partial charge in [-0.25, -0.2) is 14.8 Å². The molecule has 1 atom stereocenters. The van der Waals surface area contributed by atoms with E-state index < -0.39 is 17.9 Å². The van der Waals surface area contributed by atoms with Gasteiger partial charge < -0.3 is 10.4 Å². The Labute approximate surface area is 155 Å². The highest BCUT2D eigenvalue weighted by Gasteiger charge is 2.22. The quantitative estimate of drug-likeness (QED) is 0.596. The van der Waals surface area contributed by atoms with Gasteiger partial charge in [-0.05, 0) is 16.7 Å². The van der Waals surface area contributed by atoms with Gasteiger partial charge in [-0.15, -0.1) is 0 Å². The van der Waals surface area contributed by atoms with Gasteiger partial charge >= 0.3 is 5.97 Å². The molecule has 2 N–H and O–H groups in total. The number of hydrogen-bond donors (Lipinski definition) is 2. The first kappa shape index (κ1) is 18.1. The van der Waals surface area contributed by atoms with Gasteiger partial charge in [0.15, 0.2) is 12.0 Å². The normalized spacial score (nSPS) is 11.6. The average Bonchev–Trinajstić information content (AvgIpc) is 2.69. The summed E-state index contributed by atoms with van der Waals surface area (Å²) in [5, 5.41) is 16.1. The van der Waals surface area contributed by atoms with Crippen LogP contribution in [0.3, 0.4) is 0 Å². The number of nitrogens with one attached hydrogen (secondary N) is 1. The Hall–Kier alpha value is -3.68. The fourth-order valence-electron chi connectivity index (χ4n) is 2.50. The summed E-state index contributed by atoms with van der Waals surface area (Å²) in [4.78, 5) is 31.9. The number of carbonyl (C=O) groups is 2. The van der Waals surface area contributed by atoms with Crippen LogP contribution in [0.2, 0.25) is 0 Å². The van der Waals surface area contributed by atoms with Gasteiger partial charge in [0.05, 0.1) is 0 Å². The van der Waals surface area contributed by atoms with Crippen LogP contribution in [0.1, 0.15) is 5.56 Å². The van der Waals surface area contributed by atoms with Gasteiger partial charge in [0.25, 0.3) is 12.5 Å². The maximum atomic E-state index is 12.2. The molecule has 1 unspecified atom stereocenters. The van der Waals surface area contributed by atoms with Crippen LogP contribution < -0.4 is 10.00 Å². The second kappa shape index (κ2) is 8.61. The fourth-order valence-corrected chi connectivity index (χ4v) is 2.50. The van der Waals surface area contributed by atoms with E-state index in [2.05, 4.69) is 20.4 Å². The Kier molecular flexibility index (Phi) is 5.78. The Bertz CT molecular complexity index is 902. The number of hydrogen-bond acceptors (Lipinski definition) is 5. The molecule has 0 aliphatic rings. The van der Waals surface area contributed by atoms with Crippen molar-refractivity contribution in [3.8, 4) is 11.4 Å². The van der Waals surface area contributed by atoms with E-state index >= 15 is 0 Å². The third kappa shape index (κ3) is 5.15. The molecule has 0 fully saturated rings. The Morgan fingerprint density at radius 1 is 1.07 bits per heavy atom. The number of rotatable bonds is 7. The predicted octanol–water partition coefficient (Wildman–Crippen LogP) is 0.638. The Morgan fingerprint density at radius 3 is 2.44 bits per heavy atom. The maximum Gasteiger partial charge on any atom is 0.326 e. The van der Waals surface area contributed by atoms with Crippen molar-refractivity contribution in [1.82, 2.24) is 20.4 Å². The summed E-state index contributed by atoms with van der Waals surface area (Å²) in [6.45, 7) is -0.0888. The monoisotopic (exact) mass is 364 g/mol. The molecule has 0 bridgehead atoms. The number of carboxylic acids is 1. The summed E-state index contributed by atoms with van der Waals surface area (Å²) in [5.41, 5.74) is 1.56. The van der Waals surface area contributed by atoms with E-state index in [4.69, 9.17) is 0 Å². The molecular weight excluding hydrogens is 346 g/mol. The average molecular weight is 364 g/mol. The smallest absolute Gasteiger partial charge is 0.326 e. The Morgan fingerprint density at radius 2 is 1.81 bits per heavy atom. The van der Waals surface area contributed by atoms with Crippen molar-refractivity contribution in [2.75, 3.05) is 0 Å². The summed E-state index contributed by atoms with van der Waals surface area (Å²) >= 11 is 0. The summed E-state index contributed by atoms with van der Waals surface area (Å²) in [7, 11) is 0. The standard InChI is InChI=1S/C19H17N5O3/c25-17(23-16(19(26)27)11-14-5-2-1-3-6-14)13-24-10-7-15(12-22-24)18-20-8-4-9-21-18/h1-10,12,16H,11,13H2,(H-,23,25,26,27)/p+1. The molecule has 3 rings (SSSR count). The van der Waals surface area contributed by atoms with Crippen LogP contribution in [0, 0.1) is 0 Å². The van der Waals surface area contributed by atoms with E-state index in [1.165, 1.54) is 4.68 Å². The zero-order chi connectivity index (χ0) is 19.1. The summed E-state index contributed by atoms with van der Waals surface area (Å²) < 4.78 is 1.42. The first-order valence-corrected chi connectivity index (χ1v) is 8.31. The van der Waals surface area contributed by atoms with Crippen molar-refractivity contribution in [1.29, 1.82) is 0 Å². The van der Waals surface area contributed by atoms with E-state index in [-0.39, 0.29) is 13.0 Å². The number of benzene rings is 1. The van der Waals surface area contributed by atoms with Gasteiger partial charge in [0, 0.05) is 30.4 Å². The van der Waals surface area contributed by atoms with Crippen LogP contribution in [-0.2, 0) is 22.6 Å². The number of nitrogens with zero attached hydrogens (tertiary/aromatic N) is 4. The third-order valence-electron chi connectivity index (χ3n) is 3.82. The number of aliphatic carboxylic acids is 1. The molecule has 0 spiro atoms. The lowest BCUT2D eigenvalue weighted by Crippen LogP contribution is -2.50. The molecule has 27 heavy (non-hydrogen) atoms. The van der Waals surface area contributed by atoms with Gasteiger partial charge in [0.1, 0.15) is 12.2 Å². The molecule has 0 aliphatic heterocycles. The number of amides is 1. The molecule has 1 aromatic carbocycles. The van der Waals surface area contributed by atoms with Crippen molar-refractivity contribution < 1.29 is 19.4 Å². The lowest BCUT2D eigenvalue weighted by Gasteiger charge is -2.13. The molecular formula is C19H18N5O3+. The summed E-state index contributed by atoms with van der Waals surface area (Å²) in [5.74, 6) is -0.975. The summed E-state index contributed by atoms with van der Waals surface area (Å²) in [6, 6.07) is 11.6. The van der Waals surface area contributed by atoms with Gasteiger partial charge in [-0.3, -0.25) is 4.79 Å². The van der Waals surface area contributed by atoms with E-state index in [9.17, 15) is 14.7 Å². The minimum atomic E-state index is -1.08. The largest absolute Gasteiger partial charge is 0.480 e. The molecule has 8 nitrogen and oxygen atoms in total. The zero-order valence-electron chi connectivity index (χ0n) is 14.4. The van der Waals surface area contributed by atoms with E-state index in [1.54, 1.807) is 36.9 Å². The zero-order valence-corrected chi connectivity index (χ0v) is 14.4. The molecule has 3 aromatic rings. The molecule has 1 amide bonds. The van der Waals surface area contributed by atoms with Crippen LogP contribution in [-0.4, -0.2) is 38.1 Å². The van der Waals surface area contributed by atoms with E-state index in [0.717, 1.165) is 11.1 Å². The molecule has 2 heterocycles. The maximum absolute atomic E-state index is 12.2. The second-order valence-electron chi connectivity index (χ2n) is 5.83. The highest BCUT2D eigenvalue weighted by molar-refractivity contribution is 5.83. The molecule has 0 saturated heterocycles. The van der Waals surface area contributed by atoms with Crippen LogP contribution in [0.25, 0.3) is 11.4 Å².